The second kappa shape index (κ2) is 6.37. The summed E-state index contributed by atoms with van der Waals surface area (Å²) < 4.78 is 0. The molecule has 5 N–H and O–H groups in total. The number of thioether (sulfide) groups is 1. The minimum absolute atomic E-state index is 0.0118. The third-order valence-corrected chi connectivity index (χ3v) is 4.61. The molecule has 1 aliphatic heterocycles. The van der Waals surface area contributed by atoms with Crippen molar-refractivity contribution in [1.82, 2.24) is 5.01 Å². The predicted molar refractivity (Wildman–Crippen MR) is 99.1 cm³/mol. The summed E-state index contributed by atoms with van der Waals surface area (Å²) in [5, 5.41) is 32.1. The smallest absolute Gasteiger partial charge is 0.183 e. The van der Waals surface area contributed by atoms with Gasteiger partial charge in [-0.05, 0) is 30.7 Å². The van der Waals surface area contributed by atoms with Crippen molar-refractivity contribution in [2.75, 3.05) is 11.5 Å². The largest absolute Gasteiger partial charge is 0.507 e. The molecule has 3 rings (SSSR count). The lowest BCUT2D eigenvalue weighted by Crippen LogP contribution is -2.35. The number of anilines is 1. The van der Waals surface area contributed by atoms with Crippen LogP contribution in [0.15, 0.2) is 47.6 Å². The average Bonchev–Trinajstić information content (AvgIpc) is 2.58. The van der Waals surface area contributed by atoms with Crippen molar-refractivity contribution in [3.05, 3.63) is 59.2 Å². The van der Waals surface area contributed by atoms with Crippen LogP contribution in [0.4, 0.5) is 5.69 Å². The highest BCUT2D eigenvalue weighted by molar-refractivity contribution is 8.14. The molecule has 2 aromatic carbocycles. The Morgan fingerprint density at radius 2 is 2.04 bits per heavy atom. The standard InChI is InChI=1S/C17H17N5OS/c1-10-6-7-11(8-13(10)18)14-9-24-17(20)22(21-14)16(19)12-4-2-3-5-15(12)23/h2-8,19-20,23H,9,18H2,1H3. The Balaban J connectivity index is 1.98. The molecule has 0 bridgehead atoms. The van der Waals surface area contributed by atoms with Gasteiger partial charge in [-0.3, -0.25) is 10.8 Å². The minimum atomic E-state index is -0.0390. The Hall–Kier alpha value is -2.80. The minimum Gasteiger partial charge on any atom is -0.507 e. The lowest BCUT2D eigenvalue weighted by molar-refractivity contribution is 0.472. The van der Waals surface area contributed by atoms with Crippen molar-refractivity contribution < 1.29 is 5.11 Å². The summed E-state index contributed by atoms with van der Waals surface area (Å²) in [6.45, 7) is 1.94. The molecule has 0 aromatic heterocycles. The highest BCUT2D eigenvalue weighted by Crippen LogP contribution is 2.25. The summed E-state index contributed by atoms with van der Waals surface area (Å²) in [5.41, 5.74) is 9.58. The van der Waals surface area contributed by atoms with Gasteiger partial charge in [-0.2, -0.15) is 10.1 Å². The number of nitrogens with two attached hydrogens (primary N) is 1. The average molecular weight is 339 g/mol. The second-order valence-electron chi connectivity index (χ2n) is 5.39. The maximum atomic E-state index is 9.94. The fourth-order valence-corrected chi connectivity index (χ4v) is 3.05. The molecule has 24 heavy (non-hydrogen) atoms. The molecule has 7 heteroatoms. The van der Waals surface area contributed by atoms with Crippen molar-refractivity contribution in [3.8, 4) is 5.75 Å². The lowest BCUT2D eigenvalue weighted by atomic mass is 10.1. The van der Waals surface area contributed by atoms with Crippen LogP contribution >= 0.6 is 11.8 Å². The Labute approximate surface area is 144 Å². The number of hydrogen-bond donors (Lipinski definition) is 4. The first-order valence-electron chi connectivity index (χ1n) is 7.29. The van der Waals surface area contributed by atoms with Crippen LogP contribution in [0.1, 0.15) is 16.7 Å². The maximum absolute atomic E-state index is 9.94. The number of nitrogen functional groups attached to an aromatic ring is 1. The van der Waals surface area contributed by atoms with Gasteiger partial charge < -0.3 is 10.8 Å². The van der Waals surface area contributed by atoms with Crippen molar-refractivity contribution in [2.45, 2.75) is 6.92 Å². The number of amidine groups is 2. The highest BCUT2D eigenvalue weighted by atomic mass is 32.2. The van der Waals surface area contributed by atoms with Gasteiger partial charge in [0, 0.05) is 17.0 Å². The first-order valence-corrected chi connectivity index (χ1v) is 8.28. The van der Waals surface area contributed by atoms with Crippen LogP contribution < -0.4 is 5.73 Å². The van der Waals surface area contributed by atoms with E-state index in [-0.39, 0.29) is 16.8 Å². The molecule has 6 nitrogen and oxygen atoms in total. The van der Waals surface area contributed by atoms with Crippen LogP contribution in [0.25, 0.3) is 0 Å². The normalized spacial score (nSPS) is 14.5. The van der Waals surface area contributed by atoms with E-state index in [1.165, 1.54) is 22.8 Å². The summed E-state index contributed by atoms with van der Waals surface area (Å²) in [7, 11) is 0. The van der Waals surface area contributed by atoms with E-state index in [0.717, 1.165) is 16.8 Å². The molecule has 0 spiro atoms. The van der Waals surface area contributed by atoms with Crippen molar-refractivity contribution in [3.63, 3.8) is 0 Å². The number of rotatable bonds is 2. The number of nitrogens with one attached hydrogen (secondary N) is 2. The first-order chi connectivity index (χ1) is 11.5. The molecule has 0 amide bonds. The number of phenolic OH excluding ortho intramolecular Hbond substituents is 1. The van der Waals surface area contributed by atoms with E-state index < -0.39 is 0 Å². The number of aromatic hydroxyl groups is 1. The molecule has 0 saturated heterocycles. The van der Waals surface area contributed by atoms with E-state index in [1.54, 1.807) is 18.2 Å². The van der Waals surface area contributed by atoms with Gasteiger partial charge in [0.2, 0.25) is 0 Å². The van der Waals surface area contributed by atoms with Crippen LogP contribution in [-0.4, -0.2) is 32.6 Å². The summed E-state index contributed by atoms with van der Waals surface area (Å²) in [4.78, 5) is 0. The van der Waals surface area contributed by atoms with Crippen LogP contribution in [0.3, 0.4) is 0 Å². The van der Waals surface area contributed by atoms with Gasteiger partial charge in [-0.25, -0.2) is 0 Å². The number of phenols is 1. The molecule has 2 aromatic rings. The summed E-state index contributed by atoms with van der Waals surface area (Å²) in [5.74, 6) is 0.483. The Morgan fingerprint density at radius 1 is 1.29 bits per heavy atom. The van der Waals surface area contributed by atoms with Gasteiger partial charge in [-0.15, -0.1) is 0 Å². The fourth-order valence-electron chi connectivity index (χ4n) is 2.29. The number of nitrogens with zero attached hydrogens (tertiary/aromatic N) is 2. The van der Waals surface area contributed by atoms with Crippen molar-refractivity contribution in [2.24, 2.45) is 5.10 Å². The van der Waals surface area contributed by atoms with Gasteiger partial charge in [-0.1, -0.05) is 36.0 Å². The molecule has 1 aliphatic rings. The van der Waals surface area contributed by atoms with Gasteiger partial charge >= 0.3 is 0 Å². The van der Waals surface area contributed by atoms with Crippen molar-refractivity contribution >= 4 is 34.2 Å². The van der Waals surface area contributed by atoms with Gasteiger partial charge in [0.1, 0.15) is 5.75 Å². The zero-order chi connectivity index (χ0) is 17.3. The number of hydrogen-bond acceptors (Lipinski definition) is 6. The molecule has 0 saturated carbocycles. The highest BCUT2D eigenvalue weighted by Gasteiger charge is 2.25. The van der Waals surface area contributed by atoms with Crippen LogP contribution in [-0.2, 0) is 0 Å². The van der Waals surface area contributed by atoms with E-state index in [2.05, 4.69) is 5.10 Å². The molecule has 122 valence electrons. The molecule has 0 fully saturated rings. The van der Waals surface area contributed by atoms with Gasteiger partial charge in [0.15, 0.2) is 11.0 Å². The third kappa shape index (κ3) is 2.98. The summed E-state index contributed by atoms with van der Waals surface area (Å²) >= 11 is 1.28. The molecular weight excluding hydrogens is 322 g/mol. The Kier molecular flexibility index (Phi) is 4.26. The fraction of sp³-hybridized carbons (Fsp3) is 0.118. The Morgan fingerprint density at radius 3 is 2.75 bits per heavy atom. The van der Waals surface area contributed by atoms with Crippen LogP contribution in [0, 0.1) is 17.7 Å². The number of benzene rings is 2. The molecule has 0 atom stereocenters. The summed E-state index contributed by atoms with van der Waals surface area (Å²) in [6.07, 6.45) is 0. The topological polar surface area (TPSA) is 110 Å². The lowest BCUT2D eigenvalue weighted by Gasteiger charge is -2.26. The van der Waals surface area contributed by atoms with E-state index in [9.17, 15) is 5.11 Å². The number of hydrazone groups is 1. The molecular formula is C17H17N5OS. The Bertz CT molecular complexity index is 862. The molecule has 0 unspecified atom stereocenters. The van der Waals surface area contributed by atoms with Crippen LogP contribution in [0.2, 0.25) is 0 Å². The summed E-state index contributed by atoms with van der Waals surface area (Å²) in [6, 6.07) is 12.3. The van der Waals surface area contributed by atoms with Crippen LogP contribution in [0.5, 0.6) is 5.75 Å². The molecule has 0 aliphatic carbocycles. The second-order valence-corrected chi connectivity index (χ2v) is 6.35. The van der Waals surface area contributed by atoms with E-state index in [4.69, 9.17) is 16.6 Å². The van der Waals surface area contributed by atoms with Gasteiger partial charge in [0.05, 0.1) is 11.3 Å². The zero-order valence-corrected chi connectivity index (χ0v) is 13.9. The third-order valence-electron chi connectivity index (χ3n) is 3.74. The van der Waals surface area contributed by atoms with E-state index in [0.29, 0.717) is 17.0 Å². The maximum Gasteiger partial charge on any atom is 0.183 e. The SMILES string of the molecule is Cc1ccc(C2=NN(C(=N)c3ccccc3O)C(=N)SC2)cc1N. The first kappa shape index (κ1) is 16.1. The monoisotopic (exact) mass is 339 g/mol. The molecule has 1 heterocycles. The van der Waals surface area contributed by atoms with E-state index in [1.807, 2.05) is 25.1 Å². The predicted octanol–water partition coefficient (Wildman–Crippen LogP) is 3.00. The van der Waals surface area contributed by atoms with Crippen molar-refractivity contribution in [1.29, 1.82) is 10.8 Å². The quantitative estimate of drug-likeness (QED) is 0.383. The molecule has 0 radical (unpaired) electrons. The zero-order valence-electron chi connectivity index (χ0n) is 13.1. The number of aryl methyl sites for hydroxylation is 1. The van der Waals surface area contributed by atoms with E-state index >= 15 is 0 Å². The number of para-hydroxylation sites is 1. The van der Waals surface area contributed by atoms with Gasteiger partial charge in [0.25, 0.3) is 0 Å².